The smallest absolute Gasteiger partial charge is 0.321 e. The Labute approximate surface area is 111 Å². The molecular weight excluding hydrogens is 250 g/mol. The summed E-state index contributed by atoms with van der Waals surface area (Å²) in [6, 6.07) is 7.34. The summed E-state index contributed by atoms with van der Waals surface area (Å²) in [5.74, 6) is 0.623. The molecular formula is C13H17NO3S. The maximum atomic E-state index is 10.9. The fourth-order valence-electron chi connectivity index (χ4n) is 1.83. The third-order valence-electron chi connectivity index (χ3n) is 2.61. The van der Waals surface area contributed by atoms with E-state index in [9.17, 15) is 4.79 Å². The first-order valence-corrected chi connectivity index (χ1v) is 6.98. The molecule has 1 fully saturated rings. The molecule has 1 aromatic rings. The van der Waals surface area contributed by atoms with E-state index in [0.29, 0.717) is 5.75 Å². The quantitative estimate of drug-likeness (QED) is 0.876. The van der Waals surface area contributed by atoms with Crippen molar-refractivity contribution in [2.24, 2.45) is 0 Å². The fourth-order valence-corrected chi connectivity index (χ4v) is 3.05. The van der Waals surface area contributed by atoms with E-state index in [1.165, 1.54) is 0 Å². The van der Waals surface area contributed by atoms with E-state index >= 15 is 0 Å². The van der Waals surface area contributed by atoms with Gasteiger partial charge in [-0.05, 0) is 31.5 Å². The van der Waals surface area contributed by atoms with Gasteiger partial charge in [0.1, 0.15) is 11.8 Å². The molecule has 98 valence electrons. The van der Waals surface area contributed by atoms with Gasteiger partial charge in [0, 0.05) is 5.75 Å². The fraction of sp³-hybridized carbons (Fsp3) is 0.462. The summed E-state index contributed by atoms with van der Waals surface area (Å²) in [5.41, 5.74) is 1.06. The van der Waals surface area contributed by atoms with E-state index in [1.807, 2.05) is 38.1 Å². The van der Waals surface area contributed by atoms with Crippen LogP contribution in [-0.2, 0) is 4.79 Å². The van der Waals surface area contributed by atoms with E-state index in [-0.39, 0.29) is 11.5 Å². The van der Waals surface area contributed by atoms with Gasteiger partial charge in [-0.25, -0.2) is 0 Å². The molecule has 0 amide bonds. The zero-order chi connectivity index (χ0) is 13.1. The molecule has 1 aliphatic heterocycles. The lowest BCUT2D eigenvalue weighted by Crippen LogP contribution is -2.33. The predicted molar refractivity (Wildman–Crippen MR) is 72.0 cm³/mol. The summed E-state index contributed by atoms with van der Waals surface area (Å²) in [5, 5.41) is 12.1. The van der Waals surface area contributed by atoms with Gasteiger partial charge in [0.25, 0.3) is 0 Å². The number of aliphatic carboxylic acids is 1. The normalized spacial score (nSPS) is 23.3. The zero-order valence-corrected chi connectivity index (χ0v) is 11.2. The summed E-state index contributed by atoms with van der Waals surface area (Å²) in [6.45, 7) is 3.96. The lowest BCUT2D eigenvalue weighted by molar-refractivity contribution is -0.138. The van der Waals surface area contributed by atoms with Gasteiger partial charge in [-0.15, -0.1) is 11.8 Å². The highest BCUT2D eigenvalue weighted by molar-refractivity contribution is 7.99. The van der Waals surface area contributed by atoms with Crippen LogP contribution in [0.5, 0.6) is 5.75 Å². The Morgan fingerprint density at radius 2 is 2.33 bits per heavy atom. The second-order valence-electron chi connectivity index (χ2n) is 4.51. The second kappa shape index (κ2) is 5.63. The molecule has 18 heavy (non-hydrogen) atoms. The number of carbonyl (C=O) groups is 1. The molecule has 2 unspecified atom stereocenters. The van der Waals surface area contributed by atoms with Gasteiger partial charge in [0.2, 0.25) is 0 Å². The zero-order valence-electron chi connectivity index (χ0n) is 10.4. The maximum Gasteiger partial charge on any atom is 0.321 e. The minimum Gasteiger partial charge on any atom is -0.491 e. The monoisotopic (exact) mass is 267 g/mol. The van der Waals surface area contributed by atoms with Crippen LogP contribution in [0.25, 0.3) is 0 Å². The Kier molecular flexibility index (Phi) is 4.14. The summed E-state index contributed by atoms with van der Waals surface area (Å²) >= 11 is 1.61. The molecule has 0 aliphatic carbocycles. The number of carboxylic acid groups (broad SMARTS) is 1. The summed E-state index contributed by atoms with van der Waals surface area (Å²) in [7, 11) is 0. The molecule has 1 aromatic carbocycles. The average molecular weight is 267 g/mol. The van der Waals surface area contributed by atoms with Crippen LogP contribution in [0.15, 0.2) is 24.3 Å². The van der Waals surface area contributed by atoms with Crippen LogP contribution < -0.4 is 10.1 Å². The second-order valence-corrected chi connectivity index (χ2v) is 5.65. The first-order chi connectivity index (χ1) is 8.56. The lowest BCUT2D eigenvalue weighted by atomic mass is 10.2. The Bertz CT molecular complexity index is 436. The maximum absolute atomic E-state index is 10.9. The van der Waals surface area contributed by atoms with Crippen LogP contribution in [0, 0.1) is 0 Å². The van der Waals surface area contributed by atoms with Crippen molar-refractivity contribution in [3.05, 3.63) is 29.8 Å². The molecule has 2 rings (SSSR count). The van der Waals surface area contributed by atoms with Crippen molar-refractivity contribution in [1.29, 1.82) is 0 Å². The van der Waals surface area contributed by atoms with Gasteiger partial charge < -0.3 is 9.84 Å². The molecule has 2 N–H and O–H groups in total. The molecule has 1 saturated heterocycles. The van der Waals surface area contributed by atoms with Gasteiger partial charge in [-0.1, -0.05) is 12.1 Å². The van der Waals surface area contributed by atoms with Crippen LogP contribution in [-0.4, -0.2) is 29.0 Å². The van der Waals surface area contributed by atoms with Gasteiger partial charge >= 0.3 is 5.97 Å². The van der Waals surface area contributed by atoms with Gasteiger partial charge in [0.05, 0.1) is 11.5 Å². The Hall–Kier alpha value is -1.20. The number of thioether (sulfide) groups is 1. The average Bonchev–Trinajstić information content (AvgIpc) is 2.77. The molecule has 1 aliphatic rings. The van der Waals surface area contributed by atoms with E-state index in [4.69, 9.17) is 9.84 Å². The van der Waals surface area contributed by atoms with Crippen LogP contribution in [0.3, 0.4) is 0 Å². The highest BCUT2D eigenvalue weighted by Crippen LogP contribution is 2.34. The van der Waals surface area contributed by atoms with Crippen LogP contribution in [0.4, 0.5) is 0 Å². The molecule has 0 saturated carbocycles. The molecule has 0 spiro atoms. The summed E-state index contributed by atoms with van der Waals surface area (Å²) in [6.07, 6.45) is 0.135. The highest BCUT2D eigenvalue weighted by atomic mass is 32.2. The van der Waals surface area contributed by atoms with Gasteiger partial charge in [-0.3, -0.25) is 10.1 Å². The van der Waals surface area contributed by atoms with Crippen LogP contribution in [0.1, 0.15) is 24.8 Å². The Morgan fingerprint density at radius 3 is 2.94 bits per heavy atom. The first kappa shape index (κ1) is 13.2. The van der Waals surface area contributed by atoms with Crippen molar-refractivity contribution < 1.29 is 14.6 Å². The Balaban J connectivity index is 2.07. The number of carboxylic acids is 1. The van der Waals surface area contributed by atoms with Gasteiger partial charge in [-0.2, -0.15) is 0 Å². The number of rotatable bonds is 4. The van der Waals surface area contributed by atoms with Crippen molar-refractivity contribution in [2.45, 2.75) is 31.4 Å². The molecule has 1 heterocycles. The van der Waals surface area contributed by atoms with E-state index < -0.39 is 12.0 Å². The molecule has 2 atom stereocenters. The van der Waals surface area contributed by atoms with Crippen molar-refractivity contribution in [3.8, 4) is 5.75 Å². The minimum atomic E-state index is -0.792. The first-order valence-electron chi connectivity index (χ1n) is 5.93. The SMILES string of the molecule is CC(C)Oc1cccc(C2NC(C(=O)O)CS2)c1. The topological polar surface area (TPSA) is 58.6 Å². The molecule has 0 radical (unpaired) electrons. The number of nitrogens with one attached hydrogen (secondary N) is 1. The summed E-state index contributed by atoms with van der Waals surface area (Å²) in [4.78, 5) is 10.9. The number of hydrogen-bond donors (Lipinski definition) is 2. The van der Waals surface area contributed by atoms with E-state index in [0.717, 1.165) is 11.3 Å². The number of hydrogen-bond acceptors (Lipinski definition) is 4. The van der Waals surface area contributed by atoms with Gasteiger partial charge in [0.15, 0.2) is 0 Å². The van der Waals surface area contributed by atoms with Crippen LogP contribution in [0.2, 0.25) is 0 Å². The third kappa shape index (κ3) is 3.17. The Morgan fingerprint density at radius 1 is 1.56 bits per heavy atom. The van der Waals surface area contributed by atoms with Crippen molar-refractivity contribution in [3.63, 3.8) is 0 Å². The lowest BCUT2D eigenvalue weighted by Gasteiger charge is -2.14. The third-order valence-corrected chi connectivity index (χ3v) is 3.88. The van der Waals surface area contributed by atoms with E-state index in [2.05, 4.69) is 5.32 Å². The highest BCUT2D eigenvalue weighted by Gasteiger charge is 2.30. The van der Waals surface area contributed by atoms with Crippen LogP contribution >= 0.6 is 11.8 Å². The van der Waals surface area contributed by atoms with E-state index in [1.54, 1.807) is 11.8 Å². The minimum absolute atomic E-state index is 0.0295. The van der Waals surface area contributed by atoms with Crippen molar-refractivity contribution in [1.82, 2.24) is 5.32 Å². The number of benzene rings is 1. The molecule has 0 aromatic heterocycles. The molecule has 5 heteroatoms. The predicted octanol–water partition coefficient (Wildman–Crippen LogP) is 2.26. The van der Waals surface area contributed by atoms with Crippen molar-refractivity contribution >= 4 is 17.7 Å². The standard InChI is InChI=1S/C13H17NO3S/c1-8(2)17-10-5-3-4-9(6-10)12-14-11(7-18-12)13(15)16/h3-6,8,11-12,14H,7H2,1-2H3,(H,15,16). The number of ether oxygens (including phenoxy) is 1. The molecule has 4 nitrogen and oxygen atoms in total. The largest absolute Gasteiger partial charge is 0.491 e. The summed E-state index contributed by atoms with van der Waals surface area (Å²) < 4.78 is 5.64. The van der Waals surface area contributed by atoms with Crippen molar-refractivity contribution in [2.75, 3.05) is 5.75 Å². The molecule has 0 bridgehead atoms.